The summed E-state index contributed by atoms with van der Waals surface area (Å²) in [5.74, 6) is 0.683. The van der Waals surface area contributed by atoms with E-state index in [0.717, 1.165) is 0 Å². The van der Waals surface area contributed by atoms with E-state index in [-0.39, 0.29) is 16.7 Å². The Morgan fingerprint density at radius 2 is 1.91 bits per heavy atom. The van der Waals surface area contributed by atoms with Gasteiger partial charge < -0.3 is 9.52 Å². The first-order chi connectivity index (χ1) is 10.9. The minimum absolute atomic E-state index is 0.187. The number of sulfone groups is 1. The van der Waals surface area contributed by atoms with Gasteiger partial charge >= 0.3 is 0 Å². The maximum absolute atomic E-state index is 13.2. The Labute approximate surface area is 136 Å². The standard InChI is InChI=1S/C17H21NO4S/c1-11-12(2)22-17(18-11)16(13-8-9-14(19)10-13)23(20,21)15-6-4-3-5-7-15/h3-7,13-14,16,19H,8-10H2,1-2H3. The number of hydrogen-bond donors (Lipinski definition) is 1. The lowest BCUT2D eigenvalue weighted by Crippen LogP contribution is -2.22. The van der Waals surface area contributed by atoms with Crippen LogP contribution in [0.4, 0.5) is 0 Å². The van der Waals surface area contributed by atoms with Crippen LogP contribution >= 0.6 is 0 Å². The molecule has 3 atom stereocenters. The zero-order valence-corrected chi connectivity index (χ0v) is 14.1. The molecule has 5 nitrogen and oxygen atoms in total. The van der Waals surface area contributed by atoms with Crippen molar-refractivity contribution in [2.75, 3.05) is 0 Å². The zero-order valence-electron chi connectivity index (χ0n) is 13.3. The van der Waals surface area contributed by atoms with Crippen LogP contribution in [0.1, 0.15) is 41.9 Å². The molecule has 1 aliphatic rings. The van der Waals surface area contributed by atoms with Crippen LogP contribution in [0.15, 0.2) is 39.6 Å². The zero-order chi connectivity index (χ0) is 16.6. The van der Waals surface area contributed by atoms with Gasteiger partial charge in [-0.15, -0.1) is 0 Å². The van der Waals surface area contributed by atoms with Crippen LogP contribution in [0, 0.1) is 19.8 Å². The van der Waals surface area contributed by atoms with Crippen LogP contribution < -0.4 is 0 Å². The molecule has 23 heavy (non-hydrogen) atoms. The van der Waals surface area contributed by atoms with E-state index in [9.17, 15) is 13.5 Å². The Balaban J connectivity index is 2.08. The Morgan fingerprint density at radius 1 is 1.22 bits per heavy atom. The first-order valence-corrected chi connectivity index (χ1v) is 9.35. The molecule has 1 saturated carbocycles. The van der Waals surface area contributed by atoms with Crippen molar-refractivity contribution >= 4 is 9.84 Å². The van der Waals surface area contributed by atoms with E-state index in [4.69, 9.17) is 4.42 Å². The molecule has 0 spiro atoms. The predicted molar refractivity (Wildman–Crippen MR) is 85.7 cm³/mol. The van der Waals surface area contributed by atoms with Gasteiger partial charge in [-0.25, -0.2) is 13.4 Å². The van der Waals surface area contributed by atoms with Crippen LogP contribution in [0.25, 0.3) is 0 Å². The van der Waals surface area contributed by atoms with E-state index in [2.05, 4.69) is 4.98 Å². The summed E-state index contributed by atoms with van der Waals surface area (Å²) in [6.45, 7) is 3.58. The van der Waals surface area contributed by atoms with Crippen molar-refractivity contribution in [3.05, 3.63) is 47.7 Å². The minimum Gasteiger partial charge on any atom is -0.444 e. The smallest absolute Gasteiger partial charge is 0.213 e. The molecule has 0 radical (unpaired) electrons. The monoisotopic (exact) mass is 335 g/mol. The van der Waals surface area contributed by atoms with Gasteiger partial charge in [-0.05, 0) is 51.2 Å². The van der Waals surface area contributed by atoms with Crippen LogP contribution in [0.5, 0.6) is 0 Å². The molecule has 3 unspecified atom stereocenters. The van der Waals surface area contributed by atoms with Gasteiger partial charge in [0.05, 0.1) is 16.7 Å². The van der Waals surface area contributed by atoms with Crippen LogP contribution in [-0.4, -0.2) is 24.6 Å². The maximum Gasteiger partial charge on any atom is 0.213 e. The SMILES string of the molecule is Cc1nc(C(C2CCC(O)C2)S(=O)(=O)c2ccccc2)oc1C. The summed E-state index contributed by atoms with van der Waals surface area (Å²) < 4.78 is 32.0. The normalized spacial score (nSPS) is 23.1. The molecule has 6 heteroatoms. The minimum atomic E-state index is -3.63. The number of nitrogens with zero attached hydrogens (tertiary/aromatic N) is 1. The van der Waals surface area contributed by atoms with E-state index in [0.29, 0.717) is 30.7 Å². The van der Waals surface area contributed by atoms with Crippen molar-refractivity contribution in [2.24, 2.45) is 5.92 Å². The van der Waals surface area contributed by atoms with Crippen molar-refractivity contribution in [3.8, 4) is 0 Å². The highest BCUT2D eigenvalue weighted by atomic mass is 32.2. The molecular weight excluding hydrogens is 314 g/mol. The predicted octanol–water partition coefficient (Wildman–Crippen LogP) is 2.97. The highest BCUT2D eigenvalue weighted by molar-refractivity contribution is 7.91. The summed E-state index contributed by atoms with van der Waals surface area (Å²) in [7, 11) is -3.63. The number of rotatable bonds is 4. The molecule has 1 N–H and O–H groups in total. The lowest BCUT2D eigenvalue weighted by molar-refractivity contribution is 0.176. The average Bonchev–Trinajstić information content (AvgIpc) is 3.07. The second-order valence-electron chi connectivity index (χ2n) is 6.20. The fourth-order valence-electron chi connectivity index (χ4n) is 3.23. The quantitative estimate of drug-likeness (QED) is 0.929. The van der Waals surface area contributed by atoms with E-state index >= 15 is 0 Å². The van der Waals surface area contributed by atoms with Gasteiger partial charge in [-0.2, -0.15) is 0 Å². The summed E-state index contributed by atoms with van der Waals surface area (Å²) in [6.07, 6.45) is 1.27. The van der Waals surface area contributed by atoms with Crippen molar-refractivity contribution in [2.45, 2.75) is 49.4 Å². The van der Waals surface area contributed by atoms with Crippen molar-refractivity contribution in [3.63, 3.8) is 0 Å². The maximum atomic E-state index is 13.2. The number of aliphatic hydroxyl groups excluding tert-OH is 1. The number of aryl methyl sites for hydroxylation is 2. The van der Waals surface area contributed by atoms with Crippen molar-refractivity contribution in [1.82, 2.24) is 4.98 Å². The molecule has 0 saturated heterocycles. The molecule has 1 heterocycles. The average molecular weight is 335 g/mol. The third kappa shape index (κ3) is 3.05. The fraction of sp³-hybridized carbons (Fsp3) is 0.471. The summed E-state index contributed by atoms with van der Waals surface area (Å²) in [5.41, 5.74) is 0.701. The number of aliphatic hydroxyl groups is 1. The highest BCUT2D eigenvalue weighted by Crippen LogP contribution is 2.43. The molecule has 3 rings (SSSR count). The summed E-state index contributed by atoms with van der Waals surface area (Å²) in [4.78, 5) is 4.61. The van der Waals surface area contributed by atoms with E-state index in [1.165, 1.54) is 0 Å². The Morgan fingerprint density at radius 3 is 2.43 bits per heavy atom. The number of oxazole rings is 1. The highest BCUT2D eigenvalue weighted by Gasteiger charge is 2.42. The van der Waals surface area contributed by atoms with E-state index in [1.54, 1.807) is 44.2 Å². The van der Waals surface area contributed by atoms with Crippen LogP contribution in [-0.2, 0) is 9.84 Å². The molecule has 0 amide bonds. The third-order valence-corrected chi connectivity index (χ3v) is 6.75. The number of aromatic nitrogens is 1. The second kappa shape index (κ2) is 6.09. The topological polar surface area (TPSA) is 80.4 Å². The summed E-state index contributed by atoms with van der Waals surface area (Å²) in [6, 6.07) is 8.39. The van der Waals surface area contributed by atoms with Gasteiger partial charge in [0, 0.05) is 0 Å². The van der Waals surface area contributed by atoms with Gasteiger partial charge in [-0.1, -0.05) is 18.2 Å². The first-order valence-electron chi connectivity index (χ1n) is 7.80. The summed E-state index contributed by atoms with van der Waals surface area (Å²) in [5, 5.41) is 8.99. The van der Waals surface area contributed by atoms with E-state index in [1.807, 2.05) is 0 Å². The third-order valence-electron chi connectivity index (χ3n) is 4.57. The Hall–Kier alpha value is -1.66. The molecular formula is C17H21NO4S. The Kier molecular flexibility index (Phi) is 4.29. The van der Waals surface area contributed by atoms with E-state index < -0.39 is 21.2 Å². The number of hydrogen-bond acceptors (Lipinski definition) is 5. The molecule has 1 fully saturated rings. The molecule has 1 aromatic heterocycles. The largest absolute Gasteiger partial charge is 0.444 e. The van der Waals surface area contributed by atoms with Crippen molar-refractivity contribution < 1.29 is 17.9 Å². The van der Waals surface area contributed by atoms with Gasteiger partial charge in [0.15, 0.2) is 9.84 Å². The van der Waals surface area contributed by atoms with Crippen LogP contribution in [0.3, 0.4) is 0 Å². The van der Waals surface area contributed by atoms with Crippen molar-refractivity contribution in [1.29, 1.82) is 0 Å². The van der Waals surface area contributed by atoms with Gasteiger partial charge in [-0.3, -0.25) is 0 Å². The molecule has 0 aliphatic heterocycles. The number of benzene rings is 1. The molecule has 1 aromatic carbocycles. The lowest BCUT2D eigenvalue weighted by atomic mass is 10.0. The fourth-order valence-corrected chi connectivity index (χ4v) is 5.18. The summed E-state index contributed by atoms with van der Waals surface area (Å²) >= 11 is 0. The molecule has 1 aliphatic carbocycles. The molecule has 124 valence electrons. The Bertz CT molecular complexity index is 763. The van der Waals surface area contributed by atoms with Gasteiger partial charge in [0.1, 0.15) is 11.0 Å². The second-order valence-corrected chi connectivity index (χ2v) is 8.27. The van der Waals surface area contributed by atoms with Crippen LogP contribution in [0.2, 0.25) is 0 Å². The van der Waals surface area contributed by atoms with Gasteiger partial charge in [0.25, 0.3) is 0 Å². The lowest BCUT2D eigenvalue weighted by Gasteiger charge is -2.21. The molecule has 2 aromatic rings. The molecule has 0 bridgehead atoms. The first kappa shape index (κ1) is 16.2. The van der Waals surface area contributed by atoms with Gasteiger partial charge in [0.2, 0.25) is 5.89 Å².